The van der Waals surface area contributed by atoms with Crippen LogP contribution >= 0.6 is 0 Å². The van der Waals surface area contributed by atoms with Crippen LogP contribution in [0.5, 0.6) is 0 Å². The molecule has 2 N–H and O–H groups in total. The minimum absolute atomic E-state index is 0.350. The molecule has 0 unspecified atom stereocenters. The standard InChI is InChI=1S/C16H24F2N2O2/c1-12-5-7-13(8-6-12)9-19-10-16(17,18)11-20-14(21)22-15(2,3)4/h5-8,19H,9-11H2,1-4H3,(H,20,21). The third-order valence-electron chi connectivity index (χ3n) is 2.72. The second-order valence-corrected chi connectivity index (χ2v) is 6.30. The maximum Gasteiger partial charge on any atom is 0.407 e. The molecular weight excluding hydrogens is 290 g/mol. The number of halogens is 2. The lowest BCUT2D eigenvalue weighted by molar-refractivity contribution is -0.00376. The van der Waals surface area contributed by atoms with E-state index in [2.05, 4.69) is 10.6 Å². The summed E-state index contributed by atoms with van der Waals surface area (Å²) in [5.74, 6) is -3.04. The van der Waals surface area contributed by atoms with Crippen molar-refractivity contribution in [2.45, 2.75) is 45.8 Å². The lowest BCUT2D eigenvalue weighted by atomic mass is 10.1. The molecule has 1 aromatic rings. The maximum atomic E-state index is 13.7. The van der Waals surface area contributed by atoms with E-state index < -0.39 is 30.7 Å². The molecule has 0 heterocycles. The number of aryl methyl sites for hydroxylation is 1. The van der Waals surface area contributed by atoms with Crippen LogP contribution in [0.1, 0.15) is 31.9 Å². The van der Waals surface area contributed by atoms with E-state index in [1.165, 1.54) is 0 Å². The lowest BCUT2D eigenvalue weighted by Gasteiger charge is -2.22. The largest absolute Gasteiger partial charge is 0.444 e. The fourth-order valence-electron chi connectivity index (χ4n) is 1.67. The van der Waals surface area contributed by atoms with Gasteiger partial charge in [0.15, 0.2) is 0 Å². The molecule has 1 aromatic carbocycles. The van der Waals surface area contributed by atoms with Gasteiger partial charge in [-0.25, -0.2) is 13.6 Å². The monoisotopic (exact) mass is 314 g/mol. The van der Waals surface area contributed by atoms with Crippen LogP contribution in [0.15, 0.2) is 24.3 Å². The number of alkyl halides is 2. The number of amides is 1. The van der Waals surface area contributed by atoms with Crippen LogP contribution in [0.4, 0.5) is 13.6 Å². The summed E-state index contributed by atoms with van der Waals surface area (Å²) in [6.07, 6.45) is -0.842. The number of hydrogen-bond acceptors (Lipinski definition) is 3. The zero-order valence-corrected chi connectivity index (χ0v) is 13.5. The van der Waals surface area contributed by atoms with Gasteiger partial charge in [0.25, 0.3) is 5.92 Å². The molecule has 1 amide bonds. The van der Waals surface area contributed by atoms with E-state index in [0.717, 1.165) is 11.1 Å². The lowest BCUT2D eigenvalue weighted by Crippen LogP contribution is -2.44. The first-order valence-electron chi connectivity index (χ1n) is 7.18. The van der Waals surface area contributed by atoms with Gasteiger partial charge in [-0.05, 0) is 33.3 Å². The average Bonchev–Trinajstić information content (AvgIpc) is 2.37. The average molecular weight is 314 g/mol. The summed E-state index contributed by atoms with van der Waals surface area (Å²) in [5.41, 5.74) is 1.35. The van der Waals surface area contributed by atoms with Crippen LogP contribution in [0.2, 0.25) is 0 Å². The van der Waals surface area contributed by atoms with Crippen molar-refractivity contribution in [2.24, 2.45) is 0 Å². The molecule has 0 aliphatic heterocycles. The van der Waals surface area contributed by atoms with Crippen LogP contribution in [-0.4, -0.2) is 30.7 Å². The Hall–Kier alpha value is -1.69. The van der Waals surface area contributed by atoms with Crippen molar-refractivity contribution in [2.75, 3.05) is 13.1 Å². The second kappa shape index (κ2) is 7.54. The van der Waals surface area contributed by atoms with Crippen molar-refractivity contribution in [1.82, 2.24) is 10.6 Å². The molecular formula is C16H24F2N2O2. The number of nitrogens with one attached hydrogen (secondary N) is 2. The second-order valence-electron chi connectivity index (χ2n) is 6.30. The number of carbonyl (C=O) groups excluding carboxylic acids is 1. The predicted molar refractivity (Wildman–Crippen MR) is 82.1 cm³/mol. The van der Waals surface area contributed by atoms with Crippen molar-refractivity contribution in [1.29, 1.82) is 0 Å². The summed E-state index contributed by atoms with van der Waals surface area (Å²) in [6, 6.07) is 7.64. The van der Waals surface area contributed by atoms with Gasteiger partial charge in [-0.2, -0.15) is 0 Å². The van der Waals surface area contributed by atoms with Crippen LogP contribution in [0, 0.1) is 6.92 Å². The highest BCUT2D eigenvalue weighted by Gasteiger charge is 2.30. The van der Waals surface area contributed by atoms with Gasteiger partial charge in [0, 0.05) is 6.54 Å². The Morgan fingerprint density at radius 3 is 2.27 bits per heavy atom. The maximum absolute atomic E-state index is 13.7. The van der Waals surface area contributed by atoms with E-state index in [-0.39, 0.29) is 0 Å². The van der Waals surface area contributed by atoms with Gasteiger partial charge < -0.3 is 15.4 Å². The van der Waals surface area contributed by atoms with E-state index in [0.29, 0.717) is 6.54 Å². The molecule has 0 aromatic heterocycles. The number of hydrogen-bond donors (Lipinski definition) is 2. The van der Waals surface area contributed by atoms with Gasteiger partial charge in [0.1, 0.15) is 5.60 Å². The van der Waals surface area contributed by atoms with Crippen molar-refractivity contribution >= 4 is 6.09 Å². The van der Waals surface area contributed by atoms with E-state index in [1.807, 2.05) is 31.2 Å². The van der Waals surface area contributed by atoms with Crippen molar-refractivity contribution in [3.63, 3.8) is 0 Å². The third-order valence-corrected chi connectivity index (χ3v) is 2.72. The Morgan fingerprint density at radius 1 is 1.14 bits per heavy atom. The number of carbonyl (C=O) groups is 1. The molecule has 0 aliphatic carbocycles. The van der Waals surface area contributed by atoms with Crippen LogP contribution < -0.4 is 10.6 Å². The molecule has 0 saturated heterocycles. The van der Waals surface area contributed by atoms with Gasteiger partial charge in [-0.3, -0.25) is 0 Å². The minimum Gasteiger partial charge on any atom is -0.444 e. The topological polar surface area (TPSA) is 50.4 Å². The van der Waals surface area contributed by atoms with Crippen LogP contribution in [-0.2, 0) is 11.3 Å². The van der Waals surface area contributed by atoms with Gasteiger partial charge in [-0.15, -0.1) is 0 Å². The molecule has 22 heavy (non-hydrogen) atoms. The quantitative estimate of drug-likeness (QED) is 0.847. The van der Waals surface area contributed by atoms with Crippen molar-refractivity contribution in [3.05, 3.63) is 35.4 Å². The summed E-state index contributed by atoms with van der Waals surface area (Å²) < 4.78 is 32.2. The van der Waals surface area contributed by atoms with Crippen molar-refractivity contribution in [3.8, 4) is 0 Å². The molecule has 0 spiro atoms. The summed E-state index contributed by atoms with van der Waals surface area (Å²) in [6.45, 7) is 6.06. The molecule has 4 nitrogen and oxygen atoms in total. The summed E-state index contributed by atoms with van der Waals surface area (Å²) >= 11 is 0. The first-order valence-corrected chi connectivity index (χ1v) is 7.18. The molecule has 0 aliphatic rings. The number of benzene rings is 1. The van der Waals surface area contributed by atoms with Crippen LogP contribution in [0.3, 0.4) is 0 Å². The van der Waals surface area contributed by atoms with E-state index in [9.17, 15) is 13.6 Å². The zero-order chi connectivity index (χ0) is 16.8. The van der Waals surface area contributed by atoms with Gasteiger partial charge >= 0.3 is 6.09 Å². The number of alkyl carbamates (subject to hydrolysis) is 1. The highest BCUT2D eigenvalue weighted by atomic mass is 19.3. The normalized spacial score (nSPS) is 12.1. The Bertz CT molecular complexity index is 482. The Morgan fingerprint density at radius 2 is 1.73 bits per heavy atom. The van der Waals surface area contributed by atoms with Gasteiger partial charge in [0.05, 0.1) is 13.1 Å². The first-order chi connectivity index (χ1) is 10.1. The molecule has 0 saturated carbocycles. The molecule has 6 heteroatoms. The number of ether oxygens (including phenoxy) is 1. The first kappa shape index (κ1) is 18.4. The molecule has 124 valence electrons. The smallest absolute Gasteiger partial charge is 0.407 e. The minimum atomic E-state index is -3.04. The SMILES string of the molecule is Cc1ccc(CNCC(F)(F)CNC(=O)OC(C)(C)C)cc1. The zero-order valence-electron chi connectivity index (χ0n) is 13.5. The Labute approximate surface area is 130 Å². The molecule has 0 fully saturated rings. The highest BCUT2D eigenvalue weighted by molar-refractivity contribution is 5.67. The highest BCUT2D eigenvalue weighted by Crippen LogP contribution is 2.12. The van der Waals surface area contributed by atoms with E-state index >= 15 is 0 Å². The fraction of sp³-hybridized carbons (Fsp3) is 0.562. The van der Waals surface area contributed by atoms with Crippen molar-refractivity contribution < 1.29 is 18.3 Å². The van der Waals surface area contributed by atoms with Gasteiger partial charge in [0.2, 0.25) is 0 Å². The predicted octanol–water partition coefficient (Wildman–Crippen LogP) is 3.24. The molecule has 0 bridgehead atoms. The van der Waals surface area contributed by atoms with E-state index in [1.54, 1.807) is 20.8 Å². The Kier molecular flexibility index (Phi) is 6.29. The van der Waals surface area contributed by atoms with Crippen LogP contribution in [0.25, 0.3) is 0 Å². The third kappa shape index (κ3) is 7.93. The summed E-state index contributed by atoms with van der Waals surface area (Å²) in [7, 11) is 0. The Balaban J connectivity index is 2.31. The molecule has 0 radical (unpaired) electrons. The molecule has 1 rings (SSSR count). The van der Waals surface area contributed by atoms with Gasteiger partial charge in [-0.1, -0.05) is 29.8 Å². The van der Waals surface area contributed by atoms with E-state index in [4.69, 9.17) is 4.74 Å². The number of rotatable bonds is 6. The summed E-state index contributed by atoms with van der Waals surface area (Å²) in [5, 5.41) is 4.78. The summed E-state index contributed by atoms with van der Waals surface area (Å²) in [4.78, 5) is 11.3. The fourth-order valence-corrected chi connectivity index (χ4v) is 1.67. The molecule has 0 atom stereocenters.